The molecule has 1 amide bonds. The van der Waals surface area contributed by atoms with Gasteiger partial charge in [-0.3, -0.25) is 9.80 Å². The van der Waals surface area contributed by atoms with E-state index < -0.39 is 0 Å². The molecule has 0 saturated carbocycles. The maximum absolute atomic E-state index is 11.0. The average molecular weight is 159 g/mol. The summed E-state index contributed by atoms with van der Waals surface area (Å²) in [5.41, 5.74) is 5.19. The summed E-state index contributed by atoms with van der Waals surface area (Å²) in [5.74, 6) is 5.35. The van der Waals surface area contributed by atoms with Crippen LogP contribution in [0.15, 0.2) is 0 Å². The molecular formula is C7H17N3O. The molecule has 0 atom stereocenters. The zero-order valence-electron chi connectivity index (χ0n) is 7.05. The number of carbonyl (C=O) groups is 1. The third-order valence-electron chi connectivity index (χ3n) is 1.43. The molecule has 0 rings (SSSR count). The first-order valence-corrected chi connectivity index (χ1v) is 3.97. The highest BCUT2D eigenvalue weighted by Crippen LogP contribution is 1.91. The van der Waals surface area contributed by atoms with Crippen LogP contribution in [0.4, 0.5) is 0 Å². The van der Waals surface area contributed by atoms with Gasteiger partial charge in [0.25, 0.3) is 0 Å². The molecule has 0 radical (unpaired) electrons. The molecule has 4 N–H and O–H groups in total. The van der Waals surface area contributed by atoms with Crippen LogP contribution in [0.1, 0.15) is 26.2 Å². The van der Waals surface area contributed by atoms with Crippen LogP contribution in [0.3, 0.4) is 0 Å². The van der Waals surface area contributed by atoms with Gasteiger partial charge < -0.3 is 5.73 Å². The number of rotatable bonds is 5. The van der Waals surface area contributed by atoms with Gasteiger partial charge in [-0.05, 0) is 6.42 Å². The first-order valence-electron chi connectivity index (χ1n) is 3.97. The van der Waals surface area contributed by atoms with Gasteiger partial charge in [-0.2, -0.15) is 0 Å². The van der Waals surface area contributed by atoms with Crippen LogP contribution in [0.5, 0.6) is 0 Å². The van der Waals surface area contributed by atoms with Crippen molar-refractivity contribution in [2.45, 2.75) is 26.2 Å². The van der Waals surface area contributed by atoms with Crippen molar-refractivity contribution in [1.29, 1.82) is 0 Å². The van der Waals surface area contributed by atoms with Crippen molar-refractivity contribution in [2.75, 3.05) is 13.1 Å². The fourth-order valence-corrected chi connectivity index (χ4v) is 0.720. The molecule has 11 heavy (non-hydrogen) atoms. The fourth-order valence-electron chi connectivity index (χ4n) is 0.720. The molecule has 4 heteroatoms. The van der Waals surface area contributed by atoms with Crippen molar-refractivity contribution in [1.82, 2.24) is 5.01 Å². The van der Waals surface area contributed by atoms with Crippen LogP contribution in [0, 0.1) is 0 Å². The van der Waals surface area contributed by atoms with Crippen molar-refractivity contribution in [3.8, 4) is 0 Å². The molecule has 0 aromatic carbocycles. The van der Waals surface area contributed by atoms with E-state index in [4.69, 9.17) is 11.6 Å². The van der Waals surface area contributed by atoms with Crippen LogP contribution in [-0.4, -0.2) is 24.0 Å². The van der Waals surface area contributed by atoms with E-state index in [1.165, 1.54) is 5.01 Å². The molecule has 0 aliphatic rings. The Labute approximate surface area is 67.5 Å². The Kier molecular flexibility index (Phi) is 5.78. The van der Waals surface area contributed by atoms with E-state index in [2.05, 4.69) is 6.92 Å². The summed E-state index contributed by atoms with van der Waals surface area (Å²) in [5, 5.41) is 1.25. The highest BCUT2D eigenvalue weighted by molar-refractivity contribution is 5.75. The molecule has 0 spiro atoms. The molecule has 0 heterocycles. The summed E-state index contributed by atoms with van der Waals surface area (Å²) in [6.45, 7) is 3.06. The third-order valence-corrected chi connectivity index (χ3v) is 1.43. The van der Waals surface area contributed by atoms with Crippen molar-refractivity contribution in [2.24, 2.45) is 11.6 Å². The van der Waals surface area contributed by atoms with Crippen molar-refractivity contribution >= 4 is 5.91 Å². The van der Waals surface area contributed by atoms with E-state index in [9.17, 15) is 4.79 Å². The molecule has 0 saturated heterocycles. The summed E-state index contributed by atoms with van der Waals surface area (Å²) in [7, 11) is 0. The van der Waals surface area contributed by atoms with E-state index in [0.29, 0.717) is 19.5 Å². The summed E-state index contributed by atoms with van der Waals surface area (Å²) in [4.78, 5) is 11.0. The highest BCUT2D eigenvalue weighted by Gasteiger charge is 2.05. The average Bonchev–Trinajstić information content (AvgIpc) is 2.00. The van der Waals surface area contributed by atoms with E-state index in [1.54, 1.807) is 0 Å². The lowest BCUT2D eigenvalue weighted by Gasteiger charge is -2.14. The minimum absolute atomic E-state index is 0.0686. The first kappa shape index (κ1) is 10.4. The minimum atomic E-state index is -0.0686. The molecule has 66 valence electrons. The van der Waals surface area contributed by atoms with E-state index >= 15 is 0 Å². The lowest BCUT2D eigenvalue weighted by Crippen LogP contribution is -2.38. The summed E-state index contributed by atoms with van der Waals surface area (Å²) in [6, 6.07) is 0. The lowest BCUT2D eigenvalue weighted by atomic mass is 10.3. The quantitative estimate of drug-likeness (QED) is 0.332. The second-order valence-corrected chi connectivity index (χ2v) is 2.48. The Bertz CT molecular complexity index is 116. The zero-order valence-corrected chi connectivity index (χ0v) is 7.05. The Morgan fingerprint density at radius 1 is 1.55 bits per heavy atom. The normalized spacial score (nSPS) is 9.73. The Balaban J connectivity index is 3.46. The molecule has 0 unspecified atom stereocenters. The van der Waals surface area contributed by atoms with Gasteiger partial charge in [0.1, 0.15) is 0 Å². The molecule has 0 aromatic heterocycles. The topological polar surface area (TPSA) is 72.3 Å². The minimum Gasteiger partial charge on any atom is -0.330 e. The number of carbonyl (C=O) groups excluding carboxylic acids is 1. The maximum atomic E-state index is 11.0. The fraction of sp³-hybridized carbons (Fsp3) is 0.857. The Morgan fingerprint density at radius 2 is 2.18 bits per heavy atom. The van der Waals surface area contributed by atoms with Crippen LogP contribution in [0.25, 0.3) is 0 Å². The predicted octanol–water partition coefficient (Wildman–Crippen LogP) is -0.162. The molecule has 0 bridgehead atoms. The van der Waals surface area contributed by atoms with E-state index in [1.807, 2.05) is 0 Å². The lowest BCUT2D eigenvalue weighted by molar-refractivity contribution is -0.131. The second-order valence-electron chi connectivity index (χ2n) is 2.48. The maximum Gasteiger partial charge on any atom is 0.237 e. The Hall–Kier alpha value is -0.610. The third kappa shape index (κ3) is 4.75. The number of nitrogens with zero attached hydrogens (tertiary/aromatic N) is 1. The van der Waals surface area contributed by atoms with Gasteiger partial charge in [-0.25, -0.2) is 5.84 Å². The molecule has 0 aliphatic carbocycles. The number of unbranched alkanes of at least 4 members (excludes halogenated alkanes) is 1. The summed E-state index contributed by atoms with van der Waals surface area (Å²) >= 11 is 0. The molecule has 0 aliphatic heterocycles. The van der Waals surface area contributed by atoms with Crippen molar-refractivity contribution in [3.63, 3.8) is 0 Å². The standard InChI is InChI=1S/C7H17N3O/c1-2-3-6-10(9)7(11)4-5-8/h2-6,8-9H2,1H3. The number of amides is 1. The van der Waals surface area contributed by atoms with Crippen molar-refractivity contribution in [3.05, 3.63) is 0 Å². The van der Waals surface area contributed by atoms with Gasteiger partial charge in [-0.1, -0.05) is 13.3 Å². The number of hydrogen-bond acceptors (Lipinski definition) is 3. The zero-order chi connectivity index (χ0) is 8.69. The summed E-state index contributed by atoms with van der Waals surface area (Å²) in [6.07, 6.45) is 2.34. The van der Waals surface area contributed by atoms with Crippen molar-refractivity contribution < 1.29 is 4.79 Å². The van der Waals surface area contributed by atoms with Gasteiger partial charge >= 0.3 is 0 Å². The van der Waals surface area contributed by atoms with E-state index in [0.717, 1.165) is 12.8 Å². The first-order chi connectivity index (χ1) is 5.22. The van der Waals surface area contributed by atoms with Gasteiger partial charge in [0.05, 0.1) is 0 Å². The number of nitrogens with two attached hydrogens (primary N) is 2. The van der Waals surface area contributed by atoms with Gasteiger partial charge in [-0.15, -0.1) is 0 Å². The van der Waals surface area contributed by atoms with Gasteiger partial charge in [0, 0.05) is 19.5 Å². The largest absolute Gasteiger partial charge is 0.330 e. The van der Waals surface area contributed by atoms with Crippen LogP contribution in [-0.2, 0) is 4.79 Å². The number of hydrogen-bond donors (Lipinski definition) is 2. The monoisotopic (exact) mass is 159 g/mol. The summed E-state index contributed by atoms with van der Waals surface area (Å²) < 4.78 is 0. The molecular weight excluding hydrogens is 142 g/mol. The van der Waals surface area contributed by atoms with Crippen LogP contribution in [0.2, 0.25) is 0 Å². The Morgan fingerprint density at radius 3 is 2.64 bits per heavy atom. The van der Waals surface area contributed by atoms with Gasteiger partial charge in [0.2, 0.25) is 5.91 Å². The van der Waals surface area contributed by atoms with Crippen LogP contribution >= 0.6 is 0 Å². The molecule has 0 aromatic rings. The van der Waals surface area contributed by atoms with E-state index in [-0.39, 0.29) is 5.91 Å². The number of hydrazine groups is 1. The molecule has 0 fully saturated rings. The van der Waals surface area contributed by atoms with Gasteiger partial charge in [0.15, 0.2) is 0 Å². The smallest absolute Gasteiger partial charge is 0.237 e. The second kappa shape index (κ2) is 6.12. The predicted molar refractivity (Wildman–Crippen MR) is 44.5 cm³/mol. The van der Waals surface area contributed by atoms with Crippen LogP contribution < -0.4 is 11.6 Å². The highest BCUT2D eigenvalue weighted by atomic mass is 16.2. The SMILES string of the molecule is CCCCN(N)C(=O)CCN. The molecule has 4 nitrogen and oxygen atoms in total.